The van der Waals surface area contributed by atoms with E-state index in [0.29, 0.717) is 6.04 Å². The van der Waals surface area contributed by atoms with Crippen LogP contribution in [0.3, 0.4) is 0 Å². The molecule has 1 aromatic rings. The molecule has 0 aliphatic carbocycles. The van der Waals surface area contributed by atoms with Crippen molar-refractivity contribution in [3.8, 4) is 0 Å². The van der Waals surface area contributed by atoms with E-state index in [1.54, 1.807) is 11.0 Å². The van der Waals surface area contributed by atoms with Gasteiger partial charge in [-0.05, 0) is 0 Å². The quantitative estimate of drug-likeness (QED) is 0.556. The molecular weight excluding hydrogens is 150 g/mol. The summed E-state index contributed by atoms with van der Waals surface area (Å²) in [4.78, 5) is 3.80. The number of hydrogen-bond acceptors (Lipinski definition) is 3. The first-order valence-electron chi connectivity index (χ1n) is 3.05. The second-order valence-corrected chi connectivity index (χ2v) is 3.85. The van der Waals surface area contributed by atoms with E-state index >= 15 is 0 Å². The Hall–Kier alpha value is -0.710. The van der Waals surface area contributed by atoms with E-state index < -0.39 is 10.8 Å². The number of aromatic nitrogens is 3. The van der Waals surface area contributed by atoms with Crippen LogP contribution < -0.4 is 0 Å². The minimum atomic E-state index is -0.595. The molecule has 0 unspecified atom stereocenters. The molecule has 0 saturated carbocycles. The highest BCUT2D eigenvalue weighted by Gasteiger charge is 2.27. The van der Waals surface area contributed by atoms with Crippen molar-refractivity contribution in [3.63, 3.8) is 0 Å². The zero-order valence-corrected chi connectivity index (χ0v) is 6.12. The molecule has 1 aliphatic rings. The lowest BCUT2D eigenvalue weighted by atomic mass is 10.4. The first kappa shape index (κ1) is 6.03. The molecule has 2 heterocycles. The van der Waals surface area contributed by atoms with Crippen molar-refractivity contribution >= 4 is 10.8 Å². The van der Waals surface area contributed by atoms with Crippen molar-refractivity contribution in [2.45, 2.75) is 6.04 Å². The van der Waals surface area contributed by atoms with Crippen LogP contribution in [0.5, 0.6) is 0 Å². The molecule has 54 valence electrons. The molecule has 0 atom stereocenters. The number of hydrogen-bond donors (Lipinski definition) is 0. The number of rotatable bonds is 1. The van der Waals surface area contributed by atoms with Crippen molar-refractivity contribution in [2.24, 2.45) is 0 Å². The van der Waals surface area contributed by atoms with Gasteiger partial charge in [0.25, 0.3) is 0 Å². The van der Waals surface area contributed by atoms with Crippen LogP contribution in [0.25, 0.3) is 0 Å². The van der Waals surface area contributed by atoms with Gasteiger partial charge in [0.05, 0.1) is 6.04 Å². The molecule has 1 aliphatic heterocycles. The van der Waals surface area contributed by atoms with Crippen LogP contribution in [0.1, 0.15) is 6.04 Å². The summed E-state index contributed by atoms with van der Waals surface area (Å²) in [6.07, 6.45) is 3.17. The Morgan fingerprint density at radius 1 is 1.60 bits per heavy atom. The summed E-state index contributed by atoms with van der Waals surface area (Å²) in [7, 11) is -0.595. The van der Waals surface area contributed by atoms with Crippen LogP contribution in [0, 0.1) is 0 Å². The minimum absolute atomic E-state index is 0.336. The van der Waals surface area contributed by atoms with Crippen LogP contribution in [0.15, 0.2) is 12.7 Å². The summed E-state index contributed by atoms with van der Waals surface area (Å²) in [5.74, 6) is 1.48. The van der Waals surface area contributed by atoms with Crippen LogP contribution in [-0.4, -0.2) is 30.5 Å². The predicted octanol–water partition coefficient (Wildman–Crippen LogP) is -0.418. The third kappa shape index (κ3) is 0.862. The van der Waals surface area contributed by atoms with Gasteiger partial charge in [-0.2, -0.15) is 5.10 Å². The Morgan fingerprint density at radius 3 is 2.90 bits per heavy atom. The molecule has 0 bridgehead atoms. The smallest absolute Gasteiger partial charge is 0.137 e. The standard InChI is InChI=1S/C5H7N3OS/c9-10-1-5(2-10)8-4-6-3-7-8/h3-5H,1-2H2. The highest BCUT2D eigenvalue weighted by molar-refractivity contribution is 7.86. The molecule has 1 aromatic heterocycles. The third-order valence-electron chi connectivity index (χ3n) is 1.57. The van der Waals surface area contributed by atoms with E-state index in [1.807, 2.05) is 0 Å². The lowest BCUT2D eigenvalue weighted by molar-refractivity contribution is 0.504. The van der Waals surface area contributed by atoms with Crippen LogP contribution in [0.2, 0.25) is 0 Å². The molecule has 5 heteroatoms. The highest BCUT2D eigenvalue weighted by atomic mass is 32.2. The minimum Gasteiger partial charge on any atom is -0.259 e. The van der Waals surface area contributed by atoms with Gasteiger partial charge in [0.1, 0.15) is 12.7 Å². The molecule has 0 aromatic carbocycles. The maximum absolute atomic E-state index is 10.7. The van der Waals surface area contributed by atoms with Gasteiger partial charge in [-0.1, -0.05) is 0 Å². The Morgan fingerprint density at radius 2 is 2.40 bits per heavy atom. The van der Waals surface area contributed by atoms with Crippen LogP contribution in [-0.2, 0) is 10.8 Å². The topological polar surface area (TPSA) is 47.8 Å². The molecule has 0 amide bonds. The molecule has 1 saturated heterocycles. The molecule has 4 nitrogen and oxygen atoms in total. The van der Waals surface area contributed by atoms with Gasteiger partial charge in [0, 0.05) is 22.3 Å². The average molecular weight is 157 g/mol. The Labute approximate surface area is 60.7 Å². The van der Waals surface area contributed by atoms with Gasteiger partial charge in [-0.3, -0.25) is 4.21 Å². The van der Waals surface area contributed by atoms with E-state index in [-0.39, 0.29) is 0 Å². The fraction of sp³-hybridized carbons (Fsp3) is 0.600. The molecule has 2 rings (SSSR count). The Balaban J connectivity index is 2.10. The van der Waals surface area contributed by atoms with Gasteiger partial charge in [-0.25, -0.2) is 9.67 Å². The van der Waals surface area contributed by atoms with Crippen molar-refractivity contribution in [2.75, 3.05) is 11.5 Å². The van der Waals surface area contributed by atoms with E-state index in [2.05, 4.69) is 10.1 Å². The fourth-order valence-corrected chi connectivity index (χ4v) is 2.01. The average Bonchev–Trinajstić information content (AvgIpc) is 2.31. The first-order chi connectivity index (χ1) is 4.86. The van der Waals surface area contributed by atoms with Crippen LogP contribution in [0.4, 0.5) is 0 Å². The molecule has 1 fully saturated rings. The van der Waals surface area contributed by atoms with Gasteiger partial charge in [0.15, 0.2) is 0 Å². The lowest BCUT2D eigenvalue weighted by Crippen LogP contribution is -2.33. The van der Waals surface area contributed by atoms with Gasteiger partial charge in [-0.15, -0.1) is 0 Å². The van der Waals surface area contributed by atoms with E-state index in [9.17, 15) is 4.21 Å². The first-order valence-corrected chi connectivity index (χ1v) is 4.54. The molecule has 10 heavy (non-hydrogen) atoms. The van der Waals surface area contributed by atoms with Crippen molar-refractivity contribution in [3.05, 3.63) is 12.7 Å². The normalized spacial score (nSPS) is 31.6. The Kier molecular flexibility index (Phi) is 1.30. The molecule has 0 spiro atoms. The fourth-order valence-electron chi connectivity index (χ4n) is 0.939. The maximum atomic E-state index is 10.7. The van der Waals surface area contributed by atoms with E-state index in [0.717, 1.165) is 11.5 Å². The summed E-state index contributed by atoms with van der Waals surface area (Å²) in [5.41, 5.74) is 0. The summed E-state index contributed by atoms with van der Waals surface area (Å²) >= 11 is 0. The van der Waals surface area contributed by atoms with Crippen molar-refractivity contribution in [1.29, 1.82) is 0 Å². The SMILES string of the molecule is O=S1CC(n2cncn2)C1. The van der Waals surface area contributed by atoms with Gasteiger partial charge in [0.2, 0.25) is 0 Å². The summed E-state index contributed by atoms with van der Waals surface area (Å²) in [5, 5.41) is 3.94. The van der Waals surface area contributed by atoms with Crippen LogP contribution >= 0.6 is 0 Å². The molecule has 0 N–H and O–H groups in total. The summed E-state index contributed by atoms with van der Waals surface area (Å²) in [6.45, 7) is 0. The predicted molar refractivity (Wildman–Crippen MR) is 36.9 cm³/mol. The summed E-state index contributed by atoms with van der Waals surface area (Å²) < 4.78 is 12.4. The monoisotopic (exact) mass is 157 g/mol. The highest BCUT2D eigenvalue weighted by Crippen LogP contribution is 2.17. The van der Waals surface area contributed by atoms with Gasteiger partial charge >= 0.3 is 0 Å². The lowest BCUT2D eigenvalue weighted by Gasteiger charge is -2.23. The van der Waals surface area contributed by atoms with E-state index in [1.165, 1.54) is 6.33 Å². The summed E-state index contributed by atoms with van der Waals surface area (Å²) in [6, 6.07) is 0.336. The van der Waals surface area contributed by atoms with E-state index in [4.69, 9.17) is 0 Å². The second kappa shape index (κ2) is 2.16. The second-order valence-electron chi connectivity index (χ2n) is 2.30. The maximum Gasteiger partial charge on any atom is 0.137 e. The number of nitrogens with zero attached hydrogens (tertiary/aromatic N) is 3. The molecular formula is C5H7N3OS. The van der Waals surface area contributed by atoms with Crippen molar-refractivity contribution < 1.29 is 4.21 Å². The Bertz CT molecular complexity index is 237. The van der Waals surface area contributed by atoms with Gasteiger partial charge < -0.3 is 0 Å². The largest absolute Gasteiger partial charge is 0.259 e. The zero-order valence-electron chi connectivity index (χ0n) is 5.30. The van der Waals surface area contributed by atoms with Crippen molar-refractivity contribution in [1.82, 2.24) is 14.8 Å². The third-order valence-corrected chi connectivity index (χ3v) is 3.08. The zero-order chi connectivity index (χ0) is 6.97. The molecule has 0 radical (unpaired) electrons.